The molecule has 0 spiro atoms. The first kappa shape index (κ1) is 14.3. The number of aromatic nitrogens is 2. The Bertz CT molecular complexity index is 412. The Balaban J connectivity index is 2.10. The van der Waals surface area contributed by atoms with Crippen molar-refractivity contribution in [2.75, 3.05) is 24.5 Å². The molecule has 0 atom stereocenters. The minimum absolute atomic E-state index is 0.224. The average molecular weight is 268 g/mol. The van der Waals surface area contributed by atoms with E-state index in [2.05, 4.69) is 48.1 Å². The monoisotopic (exact) mass is 268 g/mol. The highest BCUT2D eigenvalue weighted by Gasteiger charge is 2.39. The zero-order valence-corrected chi connectivity index (χ0v) is 12.5. The highest BCUT2D eigenvalue weighted by atomic mass is 16.5. The summed E-state index contributed by atoms with van der Waals surface area (Å²) < 4.78 is 11.7. The third-order valence-electron chi connectivity index (χ3n) is 2.95. The predicted molar refractivity (Wildman–Crippen MR) is 73.1 cm³/mol. The number of rotatable bonds is 4. The lowest BCUT2D eigenvalue weighted by atomic mass is 9.99. The summed E-state index contributed by atoms with van der Waals surface area (Å²) in [5.74, 6) is 0.624. The van der Waals surface area contributed by atoms with Crippen LogP contribution in [0.1, 0.15) is 40.5 Å². The first-order valence-corrected chi connectivity index (χ1v) is 6.79. The van der Waals surface area contributed by atoms with E-state index in [1.54, 1.807) is 0 Å². The van der Waals surface area contributed by atoms with Crippen molar-refractivity contribution in [1.29, 1.82) is 0 Å². The maximum Gasteiger partial charge on any atom is 0.318 e. The Kier molecular flexibility index (Phi) is 3.82. The third-order valence-corrected chi connectivity index (χ3v) is 2.95. The van der Waals surface area contributed by atoms with Crippen molar-refractivity contribution in [1.82, 2.24) is 15.5 Å². The molecule has 2 heterocycles. The van der Waals surface area contributed by atoms with Crippen molar-refractivity contribution in [2.24, 2.45) is 0 Å². The second kappa shape index (κ2) is 5.09. The number of hydrogen-bond acceptors (Lipinski definition) is 6. The minimum Gasteiger partial charge on any atom is -0.407 e. The van der Waals surface area contributed by atoms with Gasteiger partial charge in [0.2, 0.25) is 5.89 Å². The summed E-state index contributed by atoms with van der Waals surface area (Å²) >= 11 is 0. The lowest BCUT2D eigenvalue weighted by molar-refractivity contribution is -0.134. The van der Waals surface area contributed by atoms with Crippen LogP contribution < -0.4 is 10.2 Å². The Labute approximate surface area is 114 Å². The summed E-state index contributed by atoms with van der Waals surface area (Å²) in [4.78, 5) is 2.10. The Morgan fingerprint density at radius 3 is 2.37 bits per heavy atom. The van der Waals surface area contributed by atoms with Gasteiger partial charge in [0.1, 0.15) is 0 Å². The van der Waals surface area contributed by atoms with Crippen molar-refractivity contribution in [3.8, 4) is 0 Å². The van der Waals surface area contributed by atoms with E-state index in [0.29, 0.717) is 18.5 Å². The number of nitrogens with one attached hydrogen (secondary N) is 1. The fraction of sp³-hybridized carbons (Fsp3) is 0.846. The van der Waals surface area contributed by atoms with E-state index in [4.69, 9.17) is 9.15 Å². The molecule has 1 aliphatic rings. The first-order chi connectivity index (χ1) is 8.81. The largest absolute Gasteiger partial charge is 0.407 e. The fourth-order valence-corrected chi connectivity index (χ4v) is 2.60. The topological polar surface area (TPSA) is 63.4 Å². The van der Waals surface area contributed by atoms with Crippen LogP contribution in [0.3, 0.4) is 0 Å². The summed E-state index contributed by atoms with van der Waals surface area (Å²) in [7, 11) is 0. The standard InChI is InChI=1S/C13H24N4O2/c1-6-14-7-10-15-16-11(18-10)17-8-12(2,3)19-13(4,5)9-17/h14H,6-9H2,1-5H3. The second-order valence-electron chi connectivity index (χ2n) is 6.24. The predicted octanol–water partition coefficient (Wildman–Crippen LogP) is 1.57. The normalized spacial score (nSPS) is 21.6. The molecule has 0 unspecified atom stereocenters. The molecule has 0 radical (unpaired) electrons. The van der Waals surface area contributed by atoms with E-state index in [0.717, 1.165) is 19.6 Å². The van der Waals surface area contributed by atoms with Crippen molar-refractivity contribution in [3.05, 3.63) is 5.89 Å². The van der Waals surface area contributed by atoms with Gasteiger partial charge < -0.3 is 19.4 Å². The van der Waals surface area contributed by atoms with Gasteiger partial charge in [0.05, 0.1) is 30.8 Å². The average Bonchev–Trinajstić information content (AvgIpc) is 2.70. The van der Waals surface area contributed by atoms with Crippen molar-refractivity contribution >= 4 is 6.01 Å². The summed E-state index contributed by atoms with van der Waals surface area (Å²) in [6.07, 6.45) is 0. The van der Waals surface area contributed by atoms with Crippen molar-refractivity contribution in [3.63, 3.8) is 0 Å². The smallest absolute Gasteiger partial charge is 0.318 e. The number of nitrogens with zero attached hydrogens (tertiary/aromatic N) is 3. The van der Waals surface area contributed by atoms with Crippen LogP contribution in [-0.4, -0.2) is 41.0 Å². The molecule has 6 nitrogen and oxygen atoms in total. The molecule has 2 rings (SSSR count). The number of ether oxygens (including phenoxy) is 1. The molecule has 1 N–H and O–H groups in total. The molecule has 0 aromatic carbocycles. The van der Waals surface area contributed by atoms with Gasteiger partial charge in [-0.1, -0.05) is 12.0 Å². The van der Waals surface area contributed by atoms with E-state index >= 15 is 0 Å². The second-order valence-corrected chi connectivity index (χ2v) is 6.24. The van der Waals surface area contributed by atoms with Crippen LogP contribution >= 0.6 is 0 Å². The van der Waals surface area contributed by atoms with Crippen LogP contribution in [0.5, 0.6) is 0 Å². The molecular formula is C13H24N4O2. The Morgan fingerprint density at radius 2 is 1.79 bits per heavy atom. The van der Waals surface area contributed by atoms with Crippen LogP contribution in [0.15, 0.2) is 4.42 Å². The molecule has 108 valence electrons. The molecule has 0 saturated carbocycles. The molecule has 0 amide bonds. The van der Waals surface area contributed by atoms with Gasteiger partial charge in [0.25, 0.3) is 0 Å². The molecule has 1 aromatic heterocycles. The Morgan fingerprint density at radius 1 is 1.16 bits per heavy atom. The van der Waals surface area contributed by atoms with Gasteiger partial charge in [-0.15, -0.1) is 5.10 Å². The molecule has 19 heavy (non-hydrogen) atoms. The van der Waals surface area contributed by atoms with Gasteiger partial charge in [-0.3, -0.25) is 0 Å². The van der Waals surface area contributed by atoms with E-state index in [9.17, 15) is 0 Å². The number of morpholine rings is 1. The van der Waals surface area contributed by atoms with E-state index in [1.165, 1.54) is 0 Å². The lowest BCUT2D eigenvalue weighted by Crippen LogP contribution is -2.57. The van der Waals surface area contributed by atoms with Crippen molar-refractivity contribution < 1.29 is 9.15 Å². The summed E-state index contributed by atoms with van der Waals surface area (Å²) in [5.41, 5.74) is -0.448. The van der Waals surface area contributed by atoms with E-state index in [1.807, 2.05) is 6.92 Å². The van der Waals surface area contributed by atoms with Gasteiger partial charge in [0, 0.05) is 0 Å². The number of hydrogen-bond donors (Lipinski definition) is 1. The summed E-state index contributed by atoms with van der Waals surface area (Å²) in [5, 5.41) is 11.4. The molecular weight excluding hydrogens is 244 g/mol. The zero-order valence-electron chi connectivity index (χ0n) is 12.5. The zero-order chi connectivity index (χ0) is 14.1. The molecule has 1 aromatic rings. The highest BCUT2D eigenvalue weighted by Crippen LogP contribution is 2.30. The summed E-state index contributed by atoms with van der Waals surface area (Å²) in [6, 6.07) is 0.581. The van der Waals surface area contributed by atoms with Crippen LogP contribution in [0.25, 0.3) is 0 Å². The molecule has 0 aliphatic carbocycles. The molecule has 0 bridgehead atoms. The van der Waals surface area contributed by atoms with Crippen LogP contribution in [0.2, 0.25) is 0 Å². The molecule has 1 aliphatic heterocycles. The van der Waals surface area contributed by atoms with Gasteiger partial charge in [-0.05, 0) is 34.2 Å². The van der Waals surface area contributed by atoms with Gasteiger partial charge in [0.15, 0.2) is 0 Å². The van der Waals surface area contributed by atoms with E-state index in [-0.39, 0.29) is 11.2 Å². The maximum atomic E-state index is 6.04. The van der Waals surface area contributed by atoms with Crippen molar-refractivity contribution in [2.45, 2.75) is 52.4 Å². The van der Waals surface area contributed by atoms with Crippen LogP contribution in [-0.2, 0) is 11.3 Å². The molecule has 6 heteroatoms. The summed E-state index contributed by atoms with van der Waals surface area (Å²) in [6.45, 7) is 13.4. The minimum atomic E-state index is -0.224. The van der Waals surface area contributed by atoms with Gasteiger partial charge in [-0.25, -0.2) is 0 Å². The SMILES string of the molecule is CCNCc1nnc(N2CC(C)(C)OC(C)(C)C2)o1. The third kappa shape index (κ3) is 3.67. The van der Waals surface area contributed by atoms with E-state index < -0.39 is 0 Å². The lowest BCUT2D eigenvalue weighted by Gasteiger charge is -2.46. The van der Waals surface area contributed by atoms with Gasteiger partial charge in [-0.2, -0.15) is 0 Å². The van der Waals surface area contributed by atoms with Gasteiger partial charge >= 0.3 is 6.01 Å². The first-order valence-electron chi connectivity index (χ1n) is 6.79. The Hall–Kier alpha value is -1.14. The maximum absolute atomic E-state index is 6.04. The quantitative estimate of drug-likeness (QED) is 0.894. The molecule has 1 fully saturated rings. The number of anilines is 1. The highest BCUT2D eigenvalue weighted by molar-refractivity contribution is 5.28. The van der Waals surface area contributed by atoms with Crippen LogP contribution in [0, 0.1) is 0 Å². The van der Waals surface area contributed by atoms with Crippen LogP contribution in [0.4, 0.5) is 6.01 Å². The fourth-order valence-electron chi connectivity index (χ4n) is 2.60. The molecule has 1 saturated heterocycles.